The summed E-state index contributed by atoms with van der Waals surface area (Å²) in [6.07, 6.45) is 0.525. The van der Waals surface area contributed by atoms with Crippen LogP contribution in [0.5, 0.6) is 0 Å². The van der Waals surface area contributed by atoms with Gasteiger partial charge < -0.3 is 9.67 Å². The van der Waals surface area contributed by atoms with Crippen LogP contribution in [0.15, 0.2) is 53.3 Å². The fraction of sp³-hybridized carbons (Fsp3) is 0.167. The third kappa shape index (κ3) is 3.23. The van der Waals surface area contributed by atoms with E-state index in [1.807, 2.05) is 35.9 Å². The van der Waals surface area contributed by atoms with Crippen LogP contribution in [0.1, 0.15) is 5.69 Å². The van der Waals surface area contributed by atoms with E-state index in [2.05, 4.69) is 16.3 Å². The van der Waals surface area contributed by atoms with Crippen molar-refractivity contribution in [3.8, 4) is 22.4 Å². The molecule has 0 fully saturated rings. The van der Waals surface area contributed by atoms with Gasteiger partial charge in [-0.1, -0.05) is 35.3 Å². The summed E-state index contributed by atoms with van der Waals surface area (Å²) in [6.45, 7) is 0.0635. The number of aliphatic hydroxyl groups is 1. The van der Waals surface area contributed by atoms with Crippen molar-refractivity contribution in [3.63, 3.8) is 0 Å². The van der Waals surface area contributed by atoms with Crippen molar-refractivity contribution in [1.82, 2.24) is 19.3 Å². The van der Waals surface area contributed by atoms with Gasteiger partial charge in [-0.2, -0.15) is 5.10 Å². The van der Waals surface area contributed by atoms with Gasteiger partial charge in [0.15, 0.2) is 0 Å². The second kappa shape index (κ2) is 7.81. The molecule has 0 aliphatic carbocycles. The predicted molar refractivity (Wildman–Crippen MR) is 129 cm³/mol. The summed E-state index contributed by atoms with van der Waals surface area (Å²) in [6, 6.07) is 15.1. The van der Waals surface area contributed by atoms with E-state index in [1.54, 1.807) is 29.8 Å². The van der Waals surface area contributed by atoms with Crippen molar-refractivity contribution in [2.24, 2.45) is 14.1 Å². The van der Waals surface area contributed by atoms with Gasteiger partial charge in [-0.25, -0.2) is 0 Å². The molecule has 3 heterocycles. The van der Waals surface area contributed by atoms with Gasteiger partial charge in [0.05, 0.1) is 16.2 Å². The molecule has 162 valence electrons. The van der Waals surface area contributed by atoms with Gasteiger partial charge in [0.1, 0.15) is 5.65 Å². The molecular formula is C24H20Cl2N4O2. The number of hydrogen-bond donors (Lipinski definition) is 2. The van der Waals surface area contributed by atoms with Gasteiger partial charge in [0, 0.05) is 65.3 Å². The number of aromatic nitrogens is 4. The molecule has 2 aromatic carbocycles. The fourth-order valence-corrected chi connectivity index (χ4v) is 4.82. The maximum Gasteiger partial charge on any atom is 0.259 e. The quantitative estimate of drug-likeness (QED) is 0.394. The summed E-state index contributed by atoms with van der Waals surface area (Å²) in [5.41, 5.74) is 5.49. The monoisotopic (exact) mass is 466 g/mol. The number of halogens is 2. The smallest absolute Gasteiger partial charge is 0.259 e. The Bertz CT molecular complexity index is 1560. The standard InChI is InChI=1S/C24H20Cl2N4O2/c1-29-22-6-3-13(21-11-15(7-8-31)27-28-21)9-17(22)18-12-19(24(32)30(2)23(18)29)16-5-4-14(25)10-20(16)26/h3-6,9-12,31H,7-8H2,1-2H3,(H,27,28). The van der Waals surface area contributed by atoms with Gasteiger partial charge in [-0.3, -0.25) is 14.5 Å². The van der Waals surface area contributed by atoms with Crippen LogP contribution in [-0.4, -0.2) is 31.0 Å². The lowest BCUT2D eigenvalue weighted by molar-refractivity contribution is 0.298. The fourth-order valence-electron chi connectivity index (χ4n) is 4.31. The molecule has 0 bridgehead atoms. The number of rotatable bonds is 4. The summed E-state index contributed by atoms with van der Waals surface area (Å²) in [7, 11) is 3.72. The Labute approximate surface area is 193 Å². The van der Waals surface area contributed by atoms with Crippen LogP contribution in [0.4, 0.5) is 0 Å². The van der Waals surface area contributed by atoms with Gasteiger partial charge >= 0.3 is 0 Å². The summed E-state index contributed by atoms with van der Waals surface area (Å²) < 4.78 is 3.67. The summed E-state index contributed by atoms with van der Waals surface area (Å²) in [5.74, 6) is 0. The van der Waals surface area contributed by atoms with E-state index in [9.17, 15) is 4.79 Å². The Morgan fingerprint density at radius 2 is 1.78 bits per heavy atom. The molecule has 0 spiro atoms. The lowest BCUT2D eigenvalue weighted by atomic mass is 10.0. The van der Waals surface area contributed by atoms with E-state index in [-0.39, 0.29) is 12.2 Å². The summed E-state index contributed by atoms with van der Waals surface area (Å²) in [4.78, 5) is 13.2. The highest BCUT2D eigenvalue weighted by Crippen LogP contribution is 2.35. The second-order valence-electron chi connectivity index (χ2n) is 7.83. The second-order valence-corrected chi connectivity index (χ2v) is 8.67. The number of aromatic amines is 1. The van der Waals surface area contributed by atoms with E-state index in [1.165, 1.54) is 0 Å². The zero-order valence-electron chi connectivity index (χ0n) is 17.5. The van der Waals surface area contributed by atoms with Crippen LogP contribution in [-0.2, 0) is 20.5 Å². The van der Waals surface area contributed by atoms with Crippen LogP contribution in [0, 0.1) is 0 Å². The Hall–Kier alpha value is -3.06. The number of hydrogen-bond acceptors (Lipinski definition) is 3. The first kappa shape index (κ1) is 20.8. The van der Waals surface area contributed by atoms with Crippen LogP contribution >= 0.6 is 23.2 Å². The van der Waals surface area contributed by atoms with Crippen molar-refractivity contribution in [2.45, 2.75) is 6.42 Å². The maximum absolute atomic E-state index is 13.2. The molecule has 0 atom stereocenters. The average Bonchev–Trinajstić information content (AvgIpc) is 3.34. The van der Waals surface area contributed by atoms with E-state index in [0.717, 1.165) is 38.9 Å². The molecule has 5 aromatic rings. The van der Waals surface area contributed by atoms with Crippen molar-refractivity contribution in [1.29, 1.82) is 0 Å². The van der Waals surface area contributed by atoms with Crippen LogP contribution in [0.2, 0.25) is 10.0 Å². The van der Waals surface area contributed by atoms with Gasteiger partial charge in [-0.15, -0.1) is 0 Å². The minimum absolute atomic E-state index is 0.0635. The van der Waals surface area contributed by atoms with E-state index in [0.29, 0.717) is 27.6 Å². The topological polar surface area (TPSA) is 75.8 Å². The normalized spacial score (nSPS) is 11.7. The third-order valence-corrected chi connectivity index (χ3v) is 6.43. The molecule has 0 aliphatic heterocycles. The molecule has 32 heavy (non-hydrogen) atoms. The zero-order chi connectivity index (χ0) is 22.6. The van der Waals surface area contributed by atoms with E-state index in [4.69, 9.17) is 28.3 Å². The number of H-pyrrole nitrogens is 1. The number of aliphatic hydroxyl groups excluding tert-OH is 1. The molecule has 3 aromatic heterocycles. The predicted octanol–water partition coefficient (Wildman–Crippen LogP) is 4.93. The molecule has 5 rings (SSSR count). The third-order valence-electron chi connectivity index (χ3n) is 5.88. The van der Waals surface area contributed by atoms with Gasteiger partial charge in [0.2, 0.25) is 0 Å². The molecule has 0 radical (unpaired) electrons. The number of fused-ring (bicyclic) bond motifs is 3. The van der Waals surface area contributed by atoms with Gasteiger partial charge in [0.25, 0.3) is 5.56 Å². The van der Waals surface area contributed by atoms with Crippen LogP contribution < -0.4 is 5.56 Å². The molecule has 0 saturated heterocycles. The van der Waals surface area contributed by atoms with Crippen molar-refractivity contribution in [2.75, 3.05) is 6.61 Å². The molecule has 2 N–H and O–H groups in total. The molecule has 0 unspecified atom stereocenters. The van der Waals surface area contributed by atoms with Crippen molar-refractivity contribution < 1.29 is 5.11 Å². The Morgan fingerprint density at radius 3 is 2.53 bits per heavy atom. The highest BCUT2D eigenvalue weighted by Gasteiger charge is 2.18. The first-order chi connectivity index (χ1) is 15.4. The molecule has 0 amide bonds. The number of nitrogens with one attached hydrogen (secondary N) is 1. The summed E-state index contributed by atoms with van der Waals surface area (Å²) >= 11 is 12.5. The minimum atomic E-state index is -0.131. The van der Waals surface area contributed by atoms with Crippen molar-refractivity contribution in [3.05, 3.63) is 74.6 Å². The van der Waals surface area contributed by atoms with Crippen LogP contribution in [0.3, 0.4) is 0 Å². The highest BCUT2D eigenvalue weighted by molar-refractivity contribution is 6.36. The lowest BCUT2D eigenvalue weighted by Crippen LogP contribution is -2.20. The largest absolute Gasteiger partial charge is 0.396 e. The minimum Gasteiger partial charge on any atom is -0.396 e. The molecule has 6 nitrogen and oxygen atoms in total. The number of nitrogens with zero attached hydrogens (tertiary/aromatic N) is 3. The lowest BCUT2D eigenvalue weighted by Gasteiger charge is -2.09. The first-order valence-electron chi connectivity index (χ1n) is 10.1. The average molecular weight is 467 g/mol. The molecular weight excluding hydrogens is 447 g/mol. The first-order valence-corrected chi connectivity index (χ1v) is 10.9. The van der Waals surface area contributed by atoms with Crippen LogP contribution in [0.25, 0.3) is 44.3 Å². The molecule has 8 heteroatoms. The zero-order valence-corrected chi connectivity index (χ0v) is 19.0. The highest BCUT2D eigenvalue weighted by atomic mass is 35.5. The number of benzene rings is 2. The molecule has 0 aliphatic rings. The summed E-state index contributed by atoms with van der Waals surface area (Å²) in [5, 5.41) is 19.4. The van der Waals surface area contributed by atoms with Crippen molar-refractivity contribution >= 4 is 45.1 Å². The van der Waals surface area contributed by atoms with E-state index < -0.39 is 0 Å². The Balaban J connectivity index is 1.78. The van der Waals surface area contributed by atoms with E-state index >= 15 is 0 Å². The number of aryl methyl sites for hydroxylation is 2. The maximum atomic E-state index is 13.2. The SMILES string of the molecule is Cn1c(=O)c(-c2ccc(Cl)cc2Cl)cc2c3cc(-c4cc(CCO)[nH]n4)ccc3n(C)c21. The Kier molecular flexibility index (Phi) is 5.08. The van der Waals surface area contributed by atoms with Gasteiger partial charge in [-0.05, 0) is 36.4 Å². The molecule has 0 saturated carbocycles. The number of pyridine rings is 1. The Morgan fingerprint density at radius 1 is 0.969 bits per heavy atom.